The zero-order valence-corrected chi connectivity index (χ0v) is 12.6. The molecule has 2 heterocycles. The molecule has 1 aliphatic heterocycles. The lowest BCUT2D eigenvalue weighted by atomic mass is 10.3. The number of hydrogen-bond donors (Lipinski definition) is 1. The molecule has 20 heavy (non-hydrogen) atoms. The zero-order valence-electron chi connectivity index (χ0n) is 10.9. The van der Waals surface area contributed by atoms with Crippen LogP contribution in [0.3, 0.4) is 0 Å². The first-order valence-electron chi connectivity index (χ1n) is 6.17. The standard InChI is InChI=1S/C11H16N2O5S2/c1-2-13(9-5-6-19(15,16)8-9)20(17,18)10-3-4-11(14)12-7-10/h3-4,7,9H,2,5-6,8H2,1H3,(H,12,14). The Morgan fingerprint density at radius 1 is 1.40 bits per heavy atom. The maximum atomic E-state index is 12.5. The molecule has 0 bridgehead atoms. The van der Waals surface area contributed by atoms with Crippen LogP contribution in [0, 0.1) is 0 Å². The molecule has 1 aliphatic rings. The molecule has 0 saturated carbocycles. The smallest absolute Gasteiger partial charge is 0.247 e. The van der Waals surface area contributed by atoms with Crippen molar-refractivity contribution in [3.05, 3.63) is 28.7 Å². The molecule has 1 aromatic rings. The summed E-state index contributed by atoms with van der Waals surface area (Å²) in [7, 11) is -6.97. The Kier molecular flexibility index (Phi) is 4.03. The van der Waals surface area contributed by atoms with E-state index in [0.717, 1.165) is 12.3 Å². The van der Waals surface area contributed by atoms with Gasteiger partial charge in [0.2, 0.25) is 15.6 Å². The van der Waals surface area contributed by atoms with Crippen molar-refractivity contribution in [1.82, 2.24) is 9.29 Å². The minimum Gasteiger partial charge on any atom is -0.328 e. The Labute approximate surface area is 117 Å². The predicted molar refractivity (Wildman–Crippen MR) is 73.7 cm³/mol. The maximum Gasteiger partial charge on any atom is 0.247 e. The first-order chi connectivity index (χ1) is 9.26. The van der Waals surface area contributed by atoms with Gasteiger partial charge < -0.3 is 4.98 Å². The van der Waals surface area contributed by atoms with Crippen LogP contribution in [0.25, 0.3) is 0 Å². The molecular formula is C11H16N2O5S2. The summed E-state index contributed by atoms with van der Waals surface area (Å²) in [6, 6.07) is 1.81. The number of sulfone groups is 1. The second-order valence-corrected chi connectivity index (χ2v) is 8.77. The van der Waals surface area contributed by atoms with E-state index in [4.69, 9.17) is 0 Å². The van der Waals surface area contributed by atoms with Gasteiger partial charge >= 0.3 is 0 Å². The summed E-state index contributed by atoms with van der Waals surface area (Å²) >= 11 is 0. The van der Waals surface area contributed by atoms with Crippen LogP contribution in [-0.4, -0.2) is 50.2 Å². The summed E-state index contributed by atoms with van der Waals surface area (Å²) in [6.07, 6.45) is 1.43. The normalized spacial score (nSPS) is 22.2. The first-order valence-corrected chi connectivity index (χ1v) is 9.43. The van der Waals surface area contributed by atoms with Gasteiger partial charge in [-0.1, -0.05) is 6.92 Å². The lowest BCUT2D eigenvalue weighted by Gasteiger charge is -2.25. The van der Waals surface area contributed by atoms with Gasteiger partial charge in [0.1, 0.15) is 0 Å². The van der Waals surface area contributed by atoms with Crippen LogP contribution in [0.15, 0.2) is 28.0 Å². The number of hydrogen-bond acceptors (Lipinski definition) is 5. The fourth-order valence-corrected chi connectivity index (χ4v) is 5.78. The van der Waals surface area contributed by atoms with Crippen molar-refractivity contribution >= 4 is 19.9 Å². The molecule has 1 saturated heterocycles. The van der Waals surface area contributed by atoms with Gasteiger partial charge in [0.15, 0.2) is 9.84 Å². The van der Waals surface area contributed by atoms with Crippen molar-refractivity contribution < 1.29 is 16.8 Å². The fraction of sp³-hybridized carbons (Fsp3) is 0.545. The molecule has 1 fully saturated rings. The van der Waals surface area contributed by atoms with Crippen molar-refractivity contribution in [1.29, 1.82) is 0 Å². The van der Waals surface area contributed by atoms with Crippen LogP contribution in [-0.2, 0) is 19.9 Å². The molecule has 112 valence electrons. The highest BCUT2D eigenvalue weighted by atomic mass is 32.2. The molecule has 0 aromatic carbocycles. The minimum absolute atomic E-state index is 0.00924. The fourth-order valence-electron chi connectivity index (χ4n) is 2.32. The van der Waals surface area contributed by atoms with E-state index in [1.54, 1.807) is 6.92 Å². The molecule has 9 heteroatoms. The quantitative estimate of drug-likeness (QED) is 0.811. The summed E-state index contributed by atoms with van der Waals surface area (Å²) in [6.45, 7) is 1.84. The summed E-state index contributed by atoms with van der Waals surface area (Å²) in [5, 5.41) is 0. The van der Waals surface area contributed by atoms with Gasteiger partial charge in [-0.3, -0.25) is 4.79 Å². The molecule has 1 unspecified atom stereocenters. The molecule has 0 aliphatic carbocycles. The Morgan fingerprint density at radius 3 is 2.55 bits per heavy atom. The summed E-state index contributed by atoms with van der Waals surface area (Å²) in [4.78, 5) is 13.3. The Bertz CT molecular complexity index is 731. The number of aromatic nitrogens is 1. The van der Waals surface area contributed by atoms with E-state index in [0.29, 0.717) is 6.42 Å². The van der Waals surface area contributed by atoms with Crippen molar-refractivity contribution in [2.45, 2.75) is 24.3 Å². The van der Waals surface area contributed by atoms with E-state index in [9.17, 15) is 21.6 Å². The van der Waals surface area contributed by atoms with Crippen molar-refractivity contribution in [2.24, 2.45) is 0 Å². The lowest BCUT2D eigenvalue weighted by Crippen LogP contribution is -2.41. The van der Waals surface area contributed by atoms with Crippen molar-refractivity contribution in [3.63, 3.8) is 0 Å². The van der Waals surface area contributed by atoms with Crippen LogP contribution in [0.1, 0.15) is 13.3 Å². The summed E-state index contributed by atoms with van der Waals surface area (Å²) in [5.41, 5.74) is -0.393. The Morgan fingerprint density at radius 2 is 2.10 bits per heavy atom. The van der Waals surface area contributed by atoms with Gasteiger partial charge in [0.25, 0.3) is 0 Å². The molecule has 0 spiro atoms. The zero-order chi connectivity index (χ0) is 15.0. The molecular weight excluding hydrogens is 304 g/mol. The second kappa shape index (κ2) is 5.30. The first kappa shape index (κ1) is 15.2. The van der Waals surface area contributed by atoms with Gasteiger partial charge in [-0.25, -0.2) is 16.8 Å². The third-order valence-electron chi connectivity index (χ3n) is 3.29. The van der Waals surface area contributed by atoms with Gasteiger partial charge in [-0.15, -0.1) is 0 Å². The van der Waals surface area contributed by atoms with E-state index in [1.165, 1.54) is 10.4 Å². The highest BCUT2D eigenvalue weighted by molar-refractivity contribution is 7.92. The van der Waals surface area contributed by atoms with E-state index in [1.807, 2.05) is 0 Å². The van der Waals surface area contributed by atoms with Crippen LogP contribution >= 0.6 is 0 Å². The van der Waals surface area contributed by atoms with Crippen molar-refractivity contribution in [3.8, 4) is 0 Å². The predicted octanol–water partition coefficient (Wildman–Crippen LogP) is -0.427. The molecule has 1 aromatic heterocycles. The molecule has 7 nitrogen and oxygen atoms in total. The number of H-pyrrole nitrogens is 1. The monoisotopic (exact) mass is 320 g/mol. The van der Waals surface area contributed by atoms with E-state index in [2.05, 4.69) is 4.98 Å². The Balaban J connectivity index is 2.36. The lowest BCUT2D eigenvalue weighted by molar-refractivity contribution is 0.354. The van der Waals surface area contributed by atoms with Crippen molar-refractivity contribution in [2.75, 3.05) is 18.1 Å². The van der Waals surface area contributed by atoms with Crippen LogP contribution in [0.5, 0.6) is 0 Å². The number of rotatable bonds is 4. The topological polar surface area (TPSA) is 104 Å². The number of pyridine rings is 1. The highest BCUT2D eigenvalue weighted by Gasteiger charge is 2.37. The van der Waals surface area contributed by atoms with Gasteiger partial charge in [-0.05, 0) is 12.5 Å². The maximum absolute atomic E-state index is 12.5. The largest absolute Gasteiger partial charge is 0.328 e. The van der Waals surface area contributed by atoms with E-state index in [-0.39, 0.29) is 22.9 Å². The van der Waals surface area contributed by atoms with Crippen LogP contribution in [0.4, 0.5) is 0 Å². The van der Waals surface area contributed by atoms with Gasteiger partial charge in [0.05, 0.1) is 16.4 Å². The molecule has 2 rings (SSSR count). The Hall–Kier alpha value is -1.19. The van der Waals surface area contributed by atoms with Gasteiger partial charge in [0, 0.05) is 24.8 Å². The summed E-state index contributed by atoms with van der Waals surface area (Å²) in [5.74, 6) is -0.140. The van der Waals surface area contributed by atoms with E-state index >= 15 is 0 Å². The minimum atomic E-state index is -3.80. The van der Waals surface area contributed by atoms with Crippen LogP contribution < -0.4 is 5.56 Å². The summed E-state index contributed by atoms with van der Waals surface area (Å²) < 4.78 is 49.2. The SMILES string of the molecule is CCN(C1CCS(=O)(=O)C1)S(=O)(=O)c1ccc(=O)[nH]c1. The molecule has 0 amide bonds. The third kappa shape index (κ3) is 2.94. The molecule has 1 N–H and O–H groups in total. The molecule has 0 radical (unpaired) electrons. The number of aromatic amines is 1. The number of nitrogens with one attached hydrogen (secondary N) is 1. The third-order valence-corrected chi connectivity index (χ3v) is 7.06. The van der Waals surface area contributed by atoms with Crippen LogP contribution in [0.2, 0.25) is 0 Å². The number of sulfonamides is 1. The van der Waals surface area contributed by atoms with E-state index < -0.39 is 31.5 Å². The van der Waals surface area contributed by atoms with Gasteiger partial charge in [-0.2, -0.15) is 4.31 Å². The average molecular weight is 320 g/mol. The molecule has 1 atom stereocenters. The number of nitrogens with zero attached hydrogens (tertiary/aromatic N) is 1. The highest BCUT2D eigenvalue weighted by Crippen LogP contribution is 2.23. The average Bonchev–Trinajstić information content (AvgIpc) is 2.70. The second-order valence-electron chi connectivity index (χ2n) is 4.65.